The van der Waals surface area contributed by atoms with Crippen LogP contribution in [-0.4, -0.2) is 9.85 Å². The Hall–Kier alpha value is -3.00. The molecule has 0 saturated carbocycles. The third-order valence-corrected chi connectivity index (χ3v) is 3.03. The van der Waals surface area contributed by atoms with E-state index in [4.69, 9.17) is 10.5 Å². The first-order chi connectivity index (χ1) is 9.97. The van der Waals surface area contributed by atoms with Crippen molar-refractivity contribution < 1.29 is 9.85 Å². The summed E-state index contributed by atoms with van der Waals surface area (Å²) in [7, 11) is 0. The van der Waals surface area contributed by atoms with Gasteiger partial charge in [-0.3, -0.25) is 20.2 Å². The third-order valence-electron chi connectivity index (χ3n) is 3.03. The molecule has 8 nitrogen and oxygen atoms in total. The molecule has 0 saturated heterocycles. The molecule has 0 bridgehead atoms. The highest BCUT2D eigenvalue weighted by Crippen LogP contribution is 2.35. The molecular formula is C13H12N4O4. The topological polar surface area (TPSA) is 134 Å². The molecule has 0 spiro atoms. The maximum absolute atomic E-state index is 11.2. The highest BCUT2D eigenvalue weighted by Gasteiger charge is 2.30. The van der Waals surface area contributed by atoms with Crippen molar-refractivity contribution in [2.24, 2.45) is 0 Å². The molecule has 0 aromatic heterocycles. The smallest absolute Gasteiger partial charge is 0.258 e. The molecule has 0 aliphatic rings. The maximum atomic E-state index is 11.2. The SMILES string of the molecule is CCCCc1c([N+](=O)[O-])cc(C#N)c([N+](=O)[O-])c1CC#N. The zero-order valence-corrected chi connectivity index (χ0v) is 11.3. The number of nitro groups is 2. The van der Waals surface area contributed by atoms with E-state index < -0.39 is 21.1 Å². The van der Waals surface area contributed by atoms with E-state index >= 15 is 0 Å². The lowest BCUT2D eigenvalue weighted by atomic mass is 9.93. The van der Waals surface area contributed by atoms with Gasteiger partial charge in [0.15, 0.2) is 0 Å². The van der Waals surface area contributed by atoms with Crippen LogP contribution in [0, 0.1) is 42.9 Å². The van der Waals surface area contributed by atoms with Crippen molar-refractivity contribution in [1.82, 2.24) is 0 Å². The summed E-state index contributed by atoms with van der Waals surface area (Å²) < 4.78 is 0. The Kier molecular flexibility index (Phi) is 5.32. The van der Waals surface area contributed by atoms with Crippen LogP contribution < -0.4 is 0 Å². The van der Waals surface area contributed by atoms with Gasteiger partial charge in [-0.1, -0.05) is 13.3 Å². The van der Waals surface area contributed by atoms with Crippen molar-refractivity contribution in [3.63, 3.8) is 0 Å². The van der Waals surface area contributed by atoms with Gasteiger partial charge in [0.25, 0.3) is 11.4 Å². The standard InChI is InChI=1S/C13H12N4O4/c1-2-3-4-10-11(5-6-14)13(17(20)21)9(8-15)7-12(10)16(18)19/h7H,2-5H2,1H3. The Morgan fingerprint density at radius 3 is 2.29 bits per heavy atom. The number of nitriles is 2. The minimum absolute atomic E-state index is 0.0262. The molecule has 0 atom stereocenters. The van der Waals surface area contributed by atoms with Crippen molar-refractivity contribution in [3.05, 3.63) is 43.0 Å². The predicted octanol–water partition coefficient (Wildman–Crippen LogP) is 2.78. The summed E-state index contributed by atoms with van der Waals surface area (Å²) >= 11 is 0. The van der Waals surface area contributed by atoms with Gasteiger partial charge in [-0.25, -0.2) is 0 Å². The second kappa shape index (κ2) is 6.96. The summed E-state index contributed by atoms with van der Waals surface area (Å²) in [6, 6.07) is 4.30. The van der Waals surface area contributed by atoms with E-state index in [1.54, 1.807) is 12.1 Å². The second-order valence-electron chi connectivity index (χ2n) is 4.31. The first kappa shape index (κ1) is 16.1. The molecule has 0 aliphatic heterocycles. The lowest BCUT2D eigenvalue weighted by molar-refractivity contribution is -0.390. The molecule has 1 aromatic carbocycles. The molecule has 1 rings (SSSR count). The zero-order chi connectivity index (χ0) is 16.0. The summed E-state index contributed by atoms with van der Waals surface area (Å²) in [4.78, 5) is 20.9. The van der Waals surface area contributed by atoms with Crippen LogP contribution in [0.25, 0.3) is 0 Å². The Morgan fingerprint density at radius 2 is 1.86 bits per heavy atom. The summed E-state index contributed by atoms with van der Waals surface area (Å²) in [5, 5.41) is 40.1. The molecule has 21 heavy (non-hydrogen) atoms. The van der Waals surface area contributed by atoms with Crippen LogP contribution in [0.3, 0.4) is 0 Å². The minimum Gasteiger partial charge on any atom is -0.258 e. The molecular weight excluding hydrogens is 276 g/mol. The molecule has 0 fully saturated rings. The number of nitro benzene ring substituents is 2. The molecule has 108 valence electrons. The third kappa shape index (κ3) is 3.31. The molecule has 0 amide bonds. The summed E-state index contributed by atoms with van der Waals surface area (Å²) in [5.41, 5.74) is -1.08. The molecule has 0 N–H and O–H groups in total. The largest absolute Gasteiger partial charge is 0.292 e. The predicted molar refractivity (Wildman–Crippen MR) is 72.4 cm³/mol. The summed E-state index contributed by atoms with van der Waals surface area (Å²) in [6.07, 6.45) is 1.27. The molecule has 0 radical (unpaired) electrons. The van der Waals surface area contributed by atoms with Gasteiger partial charge in [-0.2, -0.15) is 10.5 Å². The van der Waals surface area contributed by atoms with Crippen molar-refractivity contribution in [2.45, 2.75) is 32.6 Å². The van der Waals surface area contributed by atoms with Crippen molar-refractivity contribution in [1.29, 1.82) is 10.5 Å². The molecule has 0 unspecified atom stereocenters. The maximum Gasteiger partial charge on any atom is 0.292 e. The average Bonchev–Trinajstić information content (AvgIpc) is 2.44. The van der Waals surface area contributed by atoms with E-state index in [1.807, 2.05) is 6.92 Å². The van der Waals surface area contributed by atoms with Gasteiger partial charge in [-0.15, -0.1) is 0 Å². The molecule has 1 aromatic rings. The number of rotatable bonds is 6. The lowest BCUT2D eigenvalue weighted by Gasteiger charge is -2.09. The minimum atomic E-state index is -0.760. The molecule has 0 heterocycles. The Bertz CT molecular complexity index is 670. The van der Waals surface area contributed by atoms with Gasteiger partial charge in [-0.05, 0) is 12.8 Å². The van der Waals surface area contributed by atoms with Gasteiger partial charge < -0.3 is 0 Å². The number of hydrogen-bond donors (Lipinski definition) is 0. The van der Waals surface area contributed by atoms with Crippen LogP contribution in [0.2, 0.25) is 0 Å². The van der Waals surface area contributed by atoms with Crippen molar-refractivity contribution in [3.8, 4) is 12.1 Å². The zero-order valence-electron chi connectivity index (χ0n) is 11.3. The fraction of sp³-hybridized carbons (Fsp3) is 0.385. The van der Waals surface area contributed by atoms with Gasteiger partial charge in [0.05, 0.1) is 27.9 Å². The van der Waals surface area contributed by atoms with Crippen molar-refractivity contribution >= 4 is 11.4 Å². The lowest BCUT2D eigenvalue weighted by Crippen LogP contribution is -2.07. The Labute approximate surface area is 120 Å². The normalized spacial score (nSPS) is 9.67. The van der Waals surface area contributed by atoms with E-state index in [2.05, 4.69) is 0 Å². The van der Waals surface area contributed by atoms with Crippen LogP contribution >= 0.6 is 0 Å². The van der Waals surface area contributed by atoms with E-state index in [0.29, 0.717) is 6.42 Å². The fourth-order valence-electron chi connectivity index (χ4n) is 2.11. The quantitative estimate of drug-likeness (QED) is 0.583. The Morgan fingerprint density at radius 1 is 1.19 bits per heavy atom. The number of hydrogen-bond acceptors (Lipinski definition) is 6. The van der Waals surface area contributed by atoms with Gasteiger partial charge >= 0.3 is 0 Å². The van der Waals surface area contributed by atoms with E-state index in [-0.39, 0.29) is 29.7 Å². The van der Waals surface area contributed by atoms with E-state index in [1.165, 1.54) is 0 Å². The van der Waals surface area contributed by atoms with Crippen molar-refractivity contribution in [2.75, 3.05) is 0 Å². The summed E-state index contributed by atoms with van der Waals surface area (Å²) in [5.74, 6) is 0. The van der Waals surface area contributed by atoms with E-state index in [9.17, 15) is 20.2 Å². The highest BCUT2D eigenvalue weighted by atomic mass is 16.6. The van der Waals surface area contributed by atoms with Crippen LogP contribution in [-0.2, 0) is 12.8 Å². The summed E-state index contributed by atoms with van der Waals surface area (Å²) in [6.45, 7) is 1.88. The number of unbranched alkanes of at least 4 members (excludes halogenated alkanes) is 1. The Balaban J connectivity index is 3.74. The fourth-order valence-corrected chi connectivity index (χ4v) is 2.11. The highest BCUT2D eigenvalue weighted by molar-refractivity contribution is 5.65. The monoisotopic (exact) mass is 288 g/mol. The van der Waals surface area contributed by atoms with Crippen LogP contribution in [0.4, 0.5) is 11.4 Å². The second-order valence-corrected chi connectivity index (χ2v) is 4.31. The van der Waals surface area contributed by atoms with Crippen LogP contribution in [0.5, 0.6) is 0 Å². The average molecular weight is 288 g/mol. The number of benzene rings is 1. The number of nitrogens with zero attached hydrogens (tertiary/aromatic N) is 4. The van der Waals surface area contributed by atoms with Crippen LogP contribution in [0.1, 0.15) is 36.5 Å². The van der Waals surface area contributed by atoms with Gasteiger partial charge in [0.1, 0.15) is 11.6 Å². The van der Waals surface area contributed by atoms with E-state index in [0.717, 1.165) is 12.5 Å². The van der Waals surface area contributed by atoms with Gasteiger partial charge in [0, 0.05) is 11.6 Å². The first-order valence-corrected chi connectivity index (χ1v) is 6.22. The molecule has 0 aliphatic carbocycles. The first-order valence-electron chi connectivity index (χ1n) is 6.22. The molecule has 8 heteroatoms. The van der Waals surface area contributed by atoms with Crippen LogP contribution in [0.15, 0.2) is 6.07 Å². The van der Waals surface area contributed by atoms with Gasteiger partial charge in [0.2, 0.25) is 0 Å².